The van der Waals surface area contributed by atoms with Crippen LogP contribution in [-0.4, -0.2) is 17.4 Å². The van der Waals surface area contributed by atoms with Crippen LogP contribution in [0.15, 0.2) is 70.4 Å². The summed E-state index contributed by atoms with van der Waals surface area (Å²) < 4.78 is 54.4. The van der Waals surface area contributed by atoms with Crippen LogP contribution in [0.5, 0.6) is 0 Å². The molecule has 1 heterocycles. The molecule has 2 N–H and O–H groups in total. The number of thioether (sulfide) groups is 1. The molecule has 1 aliphatic heterocycles. The molecular weight excluding hydrogens is 482 g/mol. The Kier molecular flexibility index (Phi) is 6.98. The molecule has 1 aliphatic carbocycles. The minimum atomic E-state index is -4.64. The quantitative estimate of drug-likeness (QED) is 0.518. The highest BCUT2D eigenvalue weighted by atomic mass is 32.2. The zero-order chi connectivity index (χ0) is 25.2. The van der Waals surface area contributed by atoms with E-state index in [1.165, 1.54) is 30.3 Å². The predicted octanol–water partition coefficient (Wildman–Crippen LogP) is 5.65. The molecule has 0 spiro atoms. The van der Waals surface area contributed by atoms with Crippen LogP contribution in [0.25, 0.3) is 0 Å². The van der Waals surface area contributed by atoms with E-state index in [1.807, 2.05) is 6.07 Å². The Balaban J connectivity index is 1.62. The second-order valence-corrected chi connectivity index (χ2v) is 8.97. The third-order valence-electron chi connectivity index (χ3n) is 5.73. The number of alkyl halides is 3. The van der Waals surface area contributed by atoms with Crippen LogP contribution in [0.1, 0.15) is 36.3 Å². The number of Topliss-reactive ketones (excluding diaryl/α,β-unsaturated/α-hetero) is 1. The molecule has 1 amide bonds. The second-order valence-electron chi connectivity index (χ2n) is 7.98. The summed E-state index contributed by atoms with van der Waals surface area (Å²) >= 11 is 0.917. The number of carbonyl (C=O) groups excluding carboxylic acids is 2. The Labute approximate surface area is 202 Å². The molecule has 5 nitrogen and oxygen atoms in total. The van der Waals surface area contributed by atoms with Gasteiger partial charge in [0.05, 0.1) is 39.6 Å². The highest BCUT2D eigenvalue weighted by molar-refractivity contribution is 8.03. The largest absolute Gasteiger partial charge is 0.418 e. The molecule has 0 unspecified atom stereocenters. The highest BCUT2D eigenvalue weighted by Gasteiger charge is 2.38. The summed E-state index contributed by atoms with van der Waals surface area (Å²) in [5, 5.41) is 15.5. The van der Waals surface area contributed by atoms with Crippen molar-refractivity contribution in [2.45, 2.75) is 31.4 Å². The van der Waals surface area contributed by atoms with Crippen LogP contribution in [-0.2, 0) is 15.8 Å². The van der Waals surface area contributed by atoms with E-state index in [2.05, 4.69) is 10.6 Å². The number of para-hydroxylation sites is 1. The third-order valence-corrected chi connectivity index (χ3v) is 6.75. The van der Waals surface area contributed by atoms with Crippen LogP contribution in [0.4, 0.5) is 23.2 Å². The number of ketones is 1. The molecule has 35 heavy (non-hydrogen) atoms. The standard InChI is InChI=1S/C25H19F4N3O2S/c26-17-8-3-1-6-14(17)22-15(12-30)24(32-19-10-5-11-20(33)23(19)22)35-13-21(34)31-18-9-4-2-7-16(18)25(27,28)29/h1-4,6-9,22,32H,5,10-11,13H2,(H,31,34)/t22-/m0/s1. The van der Waals surface area contributed by atoms with Crippen molar-refractivity contribution in [1.82, 2.24) is 5.32 Å². The maximum atomic E-state index is 14.7. The van der Waals surface area contributed by atoms with Crippen LogP contribution < -0.4 is 10.6 Å². The Hall–Kier alpha value is -3.58. The van der Waals surface area contributed by atoms with E-state index >= 15 is 0 Å². The van der Waals surface area contributed by atoms with Gasteiger partial charge in [0.1, 0.15) is 5.82 Å². The summed E-state index contributed by atoms with van der Waals surface area (Å²) in [7, 11) is 0. The number of hydrogen-bond donors (Lipinski definition) is 2. The topological polar surface area (TPSA) is 82.0 Å². The molecule has 0 saturated heterocycles. The number of hydrogen-bond acceptors (Lipinski definition) is 5. The minimum Gasteiger partial charge on any atom is -0.352 e. The fourth-order valence-electron chi connectivity index (χ4n) is 4.22. The summed E-state index contributed by atoms with van der Waals surface area (Å²) in [6.45, 7) is 0. The lowest BCUT2D eigenvalue weighted by Crippen LogP contribution is -2.32. The molecule has 4 rings (SSSR count). The second kappa shape index (κ2) is 9.96. The molecule has 2 aromatic rings. The fourth-order valence-corrected chi connectivity index (χ4v) is 5.08. The van der Waals surface area contributed by atoms with E-state index in [1.54, 1.807) is 6.07 Å². The Bertz CT molecular complexity index is 1290. The molecule has 180 valence electrons. The summed E-state index contributed by atoms with van der Waals surface area (Å²) in [5.41, 5.74) is -0.179. The van der Waals surface area contributed by atoms with Gasteiger partial charge in [-0.2, -0.15) is 18.4 Å². The maximum Gasteiger partial charge on any atom is 0.418 e. The van der Waals surface area contributed by atoms with Crippen molar-refractivity contribution >= 4 is 29.1 Å². The van der Waals surface area contributed by atoms with Gasteiger partial charge in [0.25, 0.3) is 0 Å². The molecule has 1 atom stereocenters. The molecular formula is C25H19F4N3O2S. The minimum absolute atomic E-state index is 0.0811. The molecule has 0 radical (unpaired) electrons. The number of carbonyl (C=O) groups is 2. The number of nitriles is 1. The van der Waals surface area contributed by atoms with Gasteiger partial charge in [-0.15, -0.1) is 0 Å². The van der Waals surface area contributed by atoms with Crippen LogP contribution >= 0.6 is 11.8 Å². The van der Waals surface area contributed by atoms with Crippen molar-refractivity contribution in [1.29, 1.82) is 5.26 Å². The van der Waals surface area contributed by atoms with Gasteiger partial charge >= 0.3 is 6.18 Å². The van der Waals surface area contributed by atoms with Crippen molar-refractivity contribution < 1.29 is 27.2 Å². The van der Waals surface area contributed by atoms with Gasteiger partial charge in [-0.25, -0.2) is 4.39 Å². The van der Waals surface area contributed by atoms with Gasteiger partial charge in [-0.1, -0.05) is 42.1 Å². The summed E-state index contributed by atoms with van der Waals surface area (Å²) in [6.07, 6.45) is -3.25. The predicted molar refractivity (Wildman–Crippen MR) is 123 cm³/mol. The van der Waals surface area contributed by atoms with Crippen molar-refractivity contribution in [2.24, 2.45) is 0 Å². The molecule has 0 saturated carbocycles. The van der Waals surface area contributed by atoms with Crippen LogP contribution in [0.3, 0.4) is 0 Å². The molecule has 0 aromatic heterocycles. The number of halogens is 4. The third kappa shape index (κ3) is 5.10. The number of allylic oxidation sites excluding steroid dienone is 3. The van der Waals surface area contributed by atoms with E-state index in [0.717, 1.165) is 23.9 Å². The number of nitrogens with one attached hydrogen (secondary N) is 2. The monoisotopic (exact) mass is 501 g/mol. The Morgan fingerprint density at radius 3 is 2.57 bits per heavy atom. The Morgan fingerprint density at radius 1 is 1.14 bits per heavy atom. The van der Waals surface area contributed by atoms with E-state index in [-0.39, 0.29) is 39.8 Å². The van der Waals surface area contributed by atoms with Crippen molar-refractivity contribution in [2.75, 3.05) is 11.1 Å². The van der Waals surface area contributed by atoms with E-state index in [9.17, 15) is 32.4 Å². The van der Waals surface area contributed by atoms with E-state index in [0.29, 0.717) is 24.1 Å². The summed E-state index contributed by atoms with van der Waals surface area (Å²) in [5.74, 6) is -2.68. The number of nitrogens with zero attached hydrogens (tertiary/aromatic N) is 1. The average Bonchev–Trinajstić information content (AvgIpc) is 2.82. The fraction of sp³-hybridized carbons (Fsp3) is 0.240. The van der Waals surface area contributed by atoms with Crippen molar-refractivity contribution in [3.8, 4) is 6.07 Å². The molecule has 10 heteroatoms. The lowest BCUT2D eigenvalue weighted by Gasteiger charge is -2.33. The van der Waals surface area contributed by atoms with Gasteiger partial charge in [-0.05, 0) is 31.0 Å². The van der Waals surface area contributed by atoms with Crippen LogP contribution in [0.2, 0.25) is 0 Å². The number of rotatable bonds is 5. The first-order chi connectivity index (χ1) is 16.7. The van der Waals surface area contributed by atoms with E-state index < -0.39 is 29.4 Å². The van der Waals surface area contributed by atoms with Crippen molar-refractivity contribution in [3.63, 3.8) is 0 Å². The van der Waals surface area contributed by atoms with Crippen molar-refractivity contribution in [3.05, 3.63) is 87.3 Å². The summed E-state index contributed by atoms with van der Waals surface area (Å²) in [6, 6.07) is 12.6. The Morgan fingerprint density at radius 2 is 1.86 bits per heavy atom. The number of benzene rings is 2. The summed E-state index contributed by atoms with van der Waals surface area (Å²) in [4.78, 5) is 25.3. The zero-order valence-electron chi connectivity index (χ0n) is 18.2. The zero-order valence-corrected chi connectivity index (χ0v) is 19.0. The van der Waals surface area contributed by atoms with Crippen LogP contribution in [0, 0.1) is 17.1 Å². The molecule has 2 aliphatic rings. The van der Waals surface area contributed by atoms with Gasteiger partial charge in [0, 0.05) is 23.3 Å². The van der Waals surface area contributed by atoms with Gasteiger partial charge < -0.3 is 10.6 Å². The number of amides is 1. The van der Waals surface area contributed by atoms with Gasteiger partial charge in [-0.3, -0.25) is 9.59 Å². The first-order valence-electron chi connectivity index (χ1n) is 10.7. The number of dihydropyridines is 1. The van der Waals surface area contributed by atoms with Gasteiger partial charge in [0.2, 0.25) is 5.91 Å². The maximum absolute atomic E-state index is 14.7. The van der Waals surface area contributed by atoms with Gasteiger partial charge in [0.15, 0.2) is 5.78 Å². The molecule has 2 aromatic carbocycles. The van der Waals surface area contributed by atoms with E-state index in [4.69, 9.17) is 0 Å². The molecule has 0 fully saturated rings. The normalized spacial score (nSPS) is 18.0. The average molecular weight is 502 g/mol. The highest BCUT2D eigenvalue weighted by Crippen LogP contribution is 2.44. The smallest absolute Gasteiger partial charge is 0.352 e. The molecule has 0 bridgehead atoms. The lowest BCUT2D eigenvalue weighted by atomic mass is 9.76. The first kappa shape index (κ1) is 24.5. The first-order valence-corrected chi connectivity index (χ1v) is 11.7. The lowest BCUT2D eigenvalue weighted by molar-refractivity contribution is -0.137. The SMILES string of the molecule is N#CC1=C(SCC(=O)Nc2ccccc2C(F)(F)F)NC2=C(C(=O)CCC2)[C@H]1c1ccccc1F. The number of anilines is 1.